The Hall–Kier alpha value is -2.47. The number of amides is 2. The molecule has 0 radical (unpaired) electrons. The number of nitrogens with one attached hydrogen (secondary N) is 2. The number of rotatable bonds is 11. The Kier molecular flexibility index (Phi) is 9.42. The van der Waals surface area contributed by atoms with E-state index in [-0.39, 0.29) is 11.8 Å². The molecule has 2 amide bonds. The maximum Gasteiger partial charge on any atom is 0.265 e. The maximum atomic E-state index is 12.2. The molecule has 0 spiro atoms. The fourth-order valence-corrected chi connectivity index (χ4v) is 3.37. The van der Waals surface area contributed by atoms with Gasteiger partial charge in [-0.05, 0) is 42.5 Å². The highest BCUT2D eigenvalue weighted by Crippen LogP contribution is 2.15. The zero-order chi connectivity index (χ0) is 20.2. The molecule has 0 aliphatic carbocycles. The molecule has 6 heteroatoms. The van der Waals surface area contributed by atoms with Crippen LogP contribution in [0.1, 0.15) is 74.0 Å². The van der Waals surface area contributed by atoms with E-state index in [1.807, 2.05) is 42.6 Å². The van der Waals surface area contributed by atoms with Crippen LogP contribution in [-0.4, -0.2) is 17.5 Å². The number of thiophene rings is 1. The van der Waals surface area contributed by atoms with Crippen LogP contribution in [0.15, 0.2) is 46.9 Å². The van der Waals surface area contributed by atoms with Gasteiger partial charge < -0.3 is 5.32 Å². The van der Waals surface area contributed by atoms with Crippen molar-refractivity contribution in [3.05, 3.63) is 52.2 Å². The minimum atomic E-state index is -0.131. The maximum absolute atomic E-state index is 12.2. The molecular weight excluding hydrogens is 370 g/mol. The van der Waals surface area contributed by atoms with Crippen molar-refractivity contribution in [2.75, 3.05) is 5.32 Å². The predicted molar refractivity (Wildman–Crippen MR) is 117 cm³/mol. The zero-order valence-electron chi connectivity index (χ0n) is 16.7. The Labute approximate surface area is 171 Å². The fourth-order valence-electron chi connectivity index (χ4n) is 2.75. The molecule has 5 nitrogen and oxygen atoms in total. The van der Waals surface area contributed by atoms with E-state index in [2.05, 4.69) is 22.8 Å². The molecule has 0 fully saturated rings. The zero-order valence-corrected chi connectivity index (χ0v) is 17.5. The highest BCUT2D eigenvalue weighted by atomic mass is 32.1. The second kappa shape index (κ2) is 12.1. The van der Waals surface area contributed by atoms with E-state index in [0.717, 1.165) is 18.4 Å². The number of carbonyl (C=O) groups is 2. The van der Waals surface area contributed by atoms with Gasteiger partial charge in [0.1, 0.15) is 0 Å². The molecule has 2 N–H and O–H groups in total. The smallest absolute Gasteiger partial charge is 0.265 e. The quantitative estimate of drug-likeness (QED) is 0.294. The number of unbranched alkanes of at least 4 members (excludes halogenated alkanes) is 5. The van der Waals surface area contributed by atoms with E-state index in [9.17, 15) is 9.59 Å². The third-order valence-corrected chi connectivity index (χ3v) is 5.26. The largest absolute Gasteiger partial charge is 0.321 e. The van der Waals surface area contributed by atoms with Crippen molar-refractivity contribution in [1.29, 1.82) is 0 Å². The van der Waals surface area contributed by atoms with Crippen molar-refractivity contribution >= 4 is 34.6 Å². The van der Waals surface area contributed by atoms with E-state index in [0.29, 0.717) is 22.7 Å². The van der Waals surface area contributed by atoms with Crippen LogP contribution in [0.5, 0.6) is 0 Å². The molecular formula is C22H29N3O2S. The molecule has 0 aliphatic rings. The fraction of sp³-hybridized carbons (Fsp3) is 0.409. The number of hydrazone groups is 1. The van der Waals surface area contributed by atoms with Crippen molar-refractivity contribution in [2.45, 2.75) is 58.8 Å². The summed E-state index contributed by atoms with van der Waals surface area (Å²) in [4.78, 5) is 24.8. The summed E-state index contributed by atoms with van der Waals surface area (Å²) < 4.78 is 0. The summed E-state index contributed by atoms with van der Waals surface area (Å²) in [6.45, 7) is 4.03. The van der Waals surface area contributed by atoms with Gasteiger partial charge in [0.25, 0.3) is 5.91 Å². The minimum Gasteiger partial charge on any atom is -0.321 e. The number of benzene rings is 1. The molecule has 0 unspecified atom stereocenters. The molecule has 0 saturated heterocycles. The Morgan fingerprint density at radius 2 is 1.82 bits per heavy atom. The van der Waals surface area contributed by atoms with Crippen LogP contribution in [0.2, 0.25) is 0 Å². The van der Waals surface area contributed by atoms with Crippen LogP contribution in [0.4, 0.5) is 5.69 Å². The van der Waals surface area contributed by atoms with Crippen molar-refractivity contribution < 1.29 is 9.59 Å². The van der Waals surface area contributed by atoms with Crippen LogP contribution in [0.3, 0.4) is 0 Å². The number of hydrogen-bond donors (Lipinski definition) is 2. The van der Waals surface area contributed by atoms with E-state index in [1.54, 1.807) is 6.07 Å². The average molecular weight is 400 g/mol. The molecule has 0 saturated carbocycles. The third-order valence-electron chi connectivity index (χ3n) is 4.39. The third kappa shape index (κ3) is 7.64. The van der Waals surface area contributed by atoms with Crippen molar-refractivity contribution in [3.63, 3.8) is 0 Å². The summed E-state index contributed by atoms with van der Waals surface area (Å²) in [6.07, 6.45) is 7.41. The first-order chi connectivity index (χ1) is 13.6. The van der Waals surface area contributed by atoms with Gasteiger partial charge in [-0.3, -0.25) is 9.59 Å². The van der Waals surface area contributed by atoms with Crippen molar-refractivity contribution in [1.82, 2.24) is 5.43 Å². The lowest BCUT2D eigenvalue weighted by Gasteiger charge is -2.07. The molecule has 150 valence electrons. The van der Waals surface area contributed by atoms with Crippen LogP contribution >= 0.6 is 11.3 Å². The normalized spacial score (nSPS) is 11.3. The molecule has 0 aliphatic heterocycles. The number of hydrogen-bond acceptors (Lipinski definition) is 4. The van der Waals surface area contributed by atoms with Crippen molar-refractivity contribution in [2.24, 2.45) is 5.10 Å². The first-order valence-electron chi connectivity index (χ1n) is 9.88. The van der Waals surface area contributed by atoms with Gasteiger partial charge >= 0.3 is 0 Å². The highest BCUT2D eigenvalue weighted by Gasteiger charge is 2.08. The van der Waals surface area contributed by atoms with E-state index >= 15 is 0 Å². The summed E-state index contributed by atoms with van der Waals surface area (Å²) in [7, 11) is 0. The van der Waals surface area contributed by atoms with Gasteiger partial charge in [-0.2, -0.15) is 5.10 Å². The van der Waals surface area contributed by atoms with Gasteiger partial charge in [0, 0.05) is 12.1 Å². The highest BCUT2D eigenvalue weighted by molar-refractivity contribution is 7.12. The Bertz CT molecular complexity index is 785. The molecule has 2 rings (SSSR count). The molecule has 1 aromatic heterocycles. The lowest BCUT2D eigenvalue weighted by molar-refractivity contribution is -0.121. The summed E-state index contributed by atoms with van der Waals surface area (Å²) in [5.74, 6) is -0.189. The van der Waals surface area contributed by atoms with E-state index in [4.69, 9.17) is 0 Å². The Balaban J connectivity index is 1.81. The minimum absolute atomic E-state index is 0.0583. The summed E-state index contributed by atoms with van der Waals surface area (Å²) in [5.41, 5.74) is 4.88. The lowest BCUT2D eigenvalue weighted by atomic mass is 10.1. The monoisotopic (exact) mass is 399 g/mol. The molecule has 28 heavy (non-hydrogen) atoms. The predicted octanol–water partition coefficient (Wildman–Crippen LogP) is 5.59. The van der Waals surface area contributed by atoms with Crippen LogP contribution in [0, 0.1) is 0 Å². The first-order valence-corrected chi connectivity index (χ1v) is 10.8. The average Bonchev–Trinajstić information content (AvgIpc) is 3.24. The van der Waals surface area contributed by atoms with Gasteiger partial charge in [0.05, 0.1) is 10.6 Å². The van der Waals surface area contributed by atoms with Gasteiger partial charge in [0.2, 0.25) is 5.91 Å². The second-order valence-corrected chi connectivity index (χ2v) is 7.71. The summed E-state index contributed by atoms with van der Waals surface area (Å²) in [6, 6.07) is 11.1. The van der Waals surface area contributed by atoms with Gasteiger partial charge in [0.15, 0.2) is 0 Å². The number of anilines is 1. The van der Waals surface area contributed by atoms with Crippen molar-refractivity contribution in [3.8, 4) is 0 Å². The van der Waals surface area contributed by atoms with Gasteiger partial charge in [-0.25, -0.2) is 5.43 Å². The summed E-state index contributed by atoms with van der Waals surface area (Å²) in [5, 5.41) is 8.95. The molecule has 0 bridgehead atoms. The topological polar surface area (TPSA) is 70.6 Å². The van der Waals surface area contributed by atoms with Crippen LogP contribution in [0.25, 0.3) is 0 Å². The molecule has 1 aromatic carbocycles. The number of carbonyl (C=O) groups excluding carboxylic acids is 2. The Morgan fingerprint density at radius 1 is 1.04 bits per heavy atom. The Morgan fingerprint density at radius 3 is 2.57 bits per heavy atom. The molecule has 1 heterocycles. The van der Waals surface area contributed by atoms with Gasteiger partial charge in [-0.15, -0.1) is 11.3 Å². The molecule has 0 atom stereocenters. The van der Waals surface area contributed by atoms with Crippen LogP contribution in [-0.2, 0) is 4.79 Å². The lowest BCUT2D eigenvalue weighted by Crippen LogP contribution is -2.19. The molecule has 2 aromatic rings. The second-order valence-electron chi connectivity index (χ2n) is 6.76. The standard InChI is InChI=1S/C22H29N3O2S/c1-3-4-5-6-7-8-14-21(26)25-24-17(2)18-11-9-12-19(16-18)23-22(27)20-13-10-15-28-20/h9-13,15-16H,3-8,14H2,1-2H3,(H,23,27)(H,25,26). The van der Waals surface area contributed by atoms with Crippen LogP contribution < -0.4 is 10.7 Å². The summed E-state index contributed by atoms with van der Waals surface area (Å²) >= 11 is 1.40. The SMILES string of the molecule is CCCCCCCCC(=O)NN=C(C)c1cccc(NC(=O)c2cccs2)c1. The first kappa shape index (κ1) is 21.8. The number of nitrogens with zero attached hydrogens (tertiary/aromatic N) is 1. The van der Waals surface area contributed by atoms with E-state index < -0.39 is 0 Å². The van der Waals surface area contributed by atoms with Gasteiger partial charge in [-0.1, -0.05) is 57.2 Å². The van der Waals surface area contributed by atoms with E-state index in [1.165, 1.54) is 37.0 Å².